The molecule has 0 saturated carbocycles. The van der Waals surface area contributed by atoms with Gasteiger partial charge in [-0.15, -0.1) is 0 Å². The zero-order valence-electron chi connectivity index (χ0n) is 74.3. The molecule has 2 fully saturated rings. The summed E-state index contributed by atoms with van der Waals surface area (Å²) < 4.78 is 123. The number of morpholine rings is 2. The number of cyclic esters (lactones) is 4. The van der Waals surface area contributed by atoms with E-state index in [2.05, 4.69) is 9.80 Å². The molecule has 34 heteroatoms. The first kappa shape index (κ1) is 100. The molecular formula is C88H124N2O28P4. The molecule has 0 unspecified atom stereocenters. The highest BCUT2D eigenvalue weighted by molar-refractivity contribution is 7.63. The Balaban J connectivity index is 0.000000227. The van der Waals surface area contributed by atoms with E-state index in [1.807, 2.05) is 72.8 Å². The largest absolute Gasteiger partial charge is 0.507 e. The molecule has 0 bridgehead atoms. The lowest BCUT2D eigenvalue weighted by Crippen LogP contribution is -2.38. The summed E-state index contributed by atoms with van der Waals surface area (Å²) in [5, 5.41) is 32.0. The van der Waals surface area contributed by atoms with Crippen molar-refractivity contribution < 1.29 is 133 Å². The third-order valence-corrected chi connectivity index (χ3v) is 24.4. The van der Waals surface area contributed by atoms with Gasteiger partial charge in [0, 0.05) is 109 Å². The highest BCUT2D eigenvalue weighted by Gasteiger charge is 2.38. The maximum Gasteiger partial charge on any atom is 0.342 e. The van der Waals surface area contributed by atoms with Gasteiger partial charge in [-0.25, -0.2) is 19.2 Å². The summed E-state index contributed by atoms with van der Waals surface area (Å²) in [7, 11) is -4.87. The van der Waals surface area contributed by atoms with Crippen molar-refractivity contribution in [3.63, 3.8) is 0 Å². The van der Waals surface area contributed by atoms with Gasteiger partial charge in [0.15, 0.2) is 0 Å². The number of ether oxygens (including phenoxy) is 14. The highest BCUT2D eigenvalue weighted by atomic mass is 31.2. The van der Waals surface area contributed by atoms with Crippen LogP contribution in [0.2, 0.25) is 0 Å². The fraction of sp³-hybridized carbons (Fsp3) is 0.557. The Morgan fingerprint density at radius 1 is 0.377 bits per heavy atom. The molecule has 30 nitrogen and oxygen atoms in total. The number of methoxy groups -OCH3 is 3. The van der Waals surface area contributed by atoms with Crippen LogP contribution in [0, 0.1) is 27.7 Å². The third kappa shape index (κ3) is 29.2. The van der Waals surface area contributed by atoms with Crippen LogP contribution in [0.3, 0.4) is 0 Å². The molecule has 10 rings (SSSR count). The van der Waals surface area contributed by atoms with Crippen LogP contribution in [0.5, 0.6) is 46.0 Å². The smallest absolute Gasteiger partial charge is 0.342 e. The fourth-order valence-electron chi connectivity index (χ4n) is 14.3. The first-order valence-electron chi connectivity index (χ1n) is 40.6. The van der Waals surface area contributed by atoms with Gasteiger partial charge < -0.3 is 99.9 Å². The molecule has 3 N–H and O–H groups in total. The van der Waals surface area contributed by atoms with Crippen LogP contribution in [0.25, 0.3) is 0 Å². The van der Waals surface area contributed by atoms with Gasteiger partial charge in [0.05, 0.1) is 54.9 Å². The number of carbonyl (C=O) groups is 7. The molecule has 0 atom stereocenters. The number of fused-ring (bicyclic) bond motifs is 4. The SMILES string of the molecule is C/C(=C\Cc1c(O)c2c(c(C)c1OCP(C)(C)=O)COC2=O)CCC(=O)OCCN1CCOCC1.COc1c(C)c2c(c(O)c1C/C=C(\C)CCC(=O)OCP(C)(C)=O)C(=O)OC2.COc1c(C)c2c(c(O)c1C/C=C(\C)CP(C)(C)=O)C(=O)OC2.COc1c(C)c2c(c(OCP(C)(C)=O)c1C/C=C(\C)CCC(=O)OCCN1CCOCC1)C(=O)OC2. The number of nitrogens with zero attached hydrogens (tertiary/aromatic N) is 2. The zero-order valence-corrected chi connectivity index (χ0v) is 77.8. The quantitative estimate of drug-likeness (QED) is 0.0165. The van der Waals surface area contributed by atoms with Crippen molar-refractivity contribution in [1.29, 1.82) is 0 Å². The summed E-state index contributed by atoms with van der Waals surface area (Å²) >= 11 is 0. The van der Waals surface area contributed by atoms with Gasteiger partial charge in [0.1, 0.15) is 148 Å². The maximum atomic E-state index is 12.5. The zero-order chi connectivity index (χ0) is 90.3. The van der Waals surface area contributed by atoms with E-state index < -0.39 is 58.4 Å². The molecule has 0 spiro atoms. The molecule has 122 heavy (non-hydrogen) atoms. The van der Waals surface area contributed by atoms with Crippen molar-refractivity contribution in [3.8, 4) is 46.0 Å². The molecule has 4 aromatic carbocycles. The van der Waals surface area contributed by atoms with Crippen molar-refractivity contribution in [2.75, 3.05) is 179 Å². The summed E-state index contributed by atoms with van der Waals surface area (Å²) in [6.45, 7) is 37.2. The number of hydrogen-bond donors (Lipinski definition) is 3. The second kappa shape index (κ2) is 45.8. The fourth-order valence-corrected chi connectivity index (χ4v) is 16.9. The van der Waals surface area contributed by atoms with Crippen LogP contribution in [-0.4, -0.2) is 246 Å². The van der Waals surface area contributed by atoms with Crippen LogP contribution in [0.4, 0.5) is 0 Å². The standard InChI is InChI=1S/C26H38NO8P.C25H36NO8P.C20H27O7P.C17H23O5P/c1-18(7-9-22(28)33-15-12-27-10-13-32-14-11-27)6-8-20-24(31-3)19(2)21-16-34-26(29)23(21)25(20)35-17-36(4,5)30;1-17(6-8-21(27)32-14-11-26-9-12-31-13-10-26)5-7-19-23(28)22-20(15-33-25(22)29)18(2)24(19)34-16-35(3,4)30;1-12(7-9-16(21)27-11-28(4,5)24)6-8-14-18(22)17-15(10-26-20(17)23)13(2)19(14)25-3;1-10(9-23(4,5)20)6-7-12-15(18)14-13(8-22-17(14)19)11(2)16(12)21-3/h6H,7-17H2,1-5H3;5,28H,6-16H2,1-4H3;6,22H,7-11H2,1-5H3;6,18H,7-9H2,1-5H3/b18-6+;17-5+;12-6+;10-6+. The minimum absolute atomic E-state index is 0.00489. The first-order valence-corrected chi connectivity index (χ1v) is 51.7. The number of hydrogen-bond acceptors (Lipinski definition) is 30. The average Bonchev–Trinajstić information content (AvgIpc) is 1.52. The Labute approximate surface area is 716 Å². The summed E-state index contributed by atoms with van der Waals surface area (Å²) in [5.41, 5.74) is 12.8. The van der Waals surface area contributed by atoms with Gasteiger partial charge >= 0.3 is 41.8 Å². The van der Waals surface area contributed by atoms with Crippen molar-refractivity contribution in [1.82, 2.24) is 9.80 Å². The molecule has 0 aliphatic carbocycles. The predicted octanol–water partition coefficient (Wildman–Crippen LogP) is 14.5. The molecule has 2 saturated heterocycles. The summed E-state index contributed by atoms with van der Waals surface area (Å²) in [5.74, 6) is -0.786. The van der Waals surface area contributed by atoms with Crippen LogP contribution >= 0.6 is 28.6 Å². The highest BCUT2D eigenvalue weighted by Crippen LogP contribution is 2.49. The number of carbonyl (C=O) groups excluding carboxylic acids is 7. The Kier molecular flexibility index (Phi) is 37.7. The lowest BCUT2D eigenvalue weighted by molar-refractivity contribution is -0.145. The van der Waals surface area contributed by atoms with Crippen LogP contribution < -0.4 is 23.7 Å². The van der Waals surface area contributed by atoms with Gasteiger partial charge in [-0.1, -0.05) is 46.6 Å². The molecule has 0 radical (unpaired) electrons. The molecule has 6 aliphatic rings. The summed E-state index contributed by atoms with van der Waals surface area (Å²) in [6, 6.07) is 0. The number of rotatable bonds is 36. The molecule has 0 aromatic heterocycles. The van der Waals surface area contributed by atoms with E-state index in [9.17, 15) is 67.1 Å². The van der Waals surface area contributed by atoms with E-state index in [0.29, 0.717) is 156 Å². The van der Waals surface area contributed by atoms with Gasteiger partial charge in [-0.3, -0.25) is 24.2 Å². The van der Waals surface area contributed by atoms with E-state index in [0.717, 1.165) is 90.5 Å². The number of phenolic OH excluding ortho intramolecular Hbond substituents is 3. The Hall–Kier alpha value is -8.71. The second-order valence-electron chi connectivity index (χ2n) is 33.0. The summed E-state index contributed by atoms with van der Waals surface area (Å²) in [4.78, 5) is 89.0. The number of esters is 7. The number of aromatic hydroxyl groups is 3. The van der Waals surface area contributed by atoms with Crippen LogP contribution in [-0.2, 0) is 127 Å². The Morgan fingerprint density at radius 2 is 0.664 bits per heavy atom. The van der Waals surface area contributed by atoms with E-state index in [1.54, 1.807) is 67.4 Å². The van der Waals surface area contributed by atoms with Gasteiger partial charge in [-0.05, 0) is 176 Å². The number of benzene rings is 4. The molecule has 6 heterocycles. The van der Waals surface area contributed by atoms with Gasteiger partial charge in [-0.2, -0.15) is 0 Å². The lowest BCUT2D eigenvalue weighted by atomic mass is 9.94. The van der Waals surface area contributed by atoms with E-state index in [1.165, 1.54) is 14.2 Å². The molecular weight excluding hydrogens is 1660 g/mol. The van der Waals surface area contributed by atoms with Crippen LogP contribution in [0.15, 0.2) is 46.6 Å². The van der Waals surface area contributed by atoms with Gasteiger partial charge in [0.25, 0.3) is 0 Å². The maximum absolute atomic E-state index is 12.5. The number of phenols is 3. The number of allylic oxidation sites excluding steroid dienone is 8. The normalized spacial score (nSPS) is 15.6. The average molecular weight is 1780 g/mol. The van der Waals surface area contributed by atoms with Crippen molar-refractivity contribution in [3.05, 3.63) is 136 Å². The molecule has 674 valence electrons. The van der Waals surface area contributed by atoms with E-state index >= 15 is 0 Å². The van der Waals surface area contributed by atoms with Gasteiger partial charge in [0.2, 0.25) is 0 Å². The van der Waals surface area contributed by atoms with E-state index in [4.69, 9.17) is 66.3 Å². The molecule has 6 aliphatic heterocycles. The lowest BCUT2D eigenvalue weighted by Gasteiger charge is -2.26. The Bertz CT molecular complexity index is 4850. The molecule has 4 aromatic rings. The van der Waals surface area contributed by atoms with Crippen LogP contribution in [0.1, 0.15) is 174 Å². The van der Waals surface area contributed by atoms with Crippen molar-refractivity contribution in [2.45, 2.75) is 146 Å². The monoisotopic (exact) mass is 1780 g/mol. The van der Waals surface area contributed by atoms with Crippen molar-refractivity contribution >= 4 is 70.4 Å². The Morgan fingerprint density at radius 3 is 1.00 bits per heavy atom. The van der Waals surface area contributed by atoms with E-state index in [-0.39, 0.29) is 117 Å². The summed E-state index contributed by atoms with van der Waals surface area (Å²) in [6.07, 6.45) is 11.9. The van der Waals surface area contributed by atoms with Crippen molar-refractivity contribution in [2.24, 2.45) is 0 Å². The minimum Gasteiger partial charge on any atom is -0.507 e. The first-order chi connectivity index (χ1) is 57.4. The third-order valence-electron chi connectivity index (χ3n) is 20.9. The molecule has 0 amide bonds. The predicted molar refractivity (Wildman–Crippen MR) is 464 cm³/mol. The second-order valence-corrected chi connectivity index (χ2v) is 46.6. The minimum atomic E-state index is -2.50. The topological polar surface area (TPSA) is 384 Å².